The van der Waals surface area contributed by atoms with Crippen molar-refractivity contribution in [2.24, 2.45) is 0 Å². The molecule has 0 aliphatic carbocycles. The number of rotatable bonds is 3. The lowest BCUT2D eigenvalue weighted by Crippen LogP contribution is -2.37. The highest BCUT2D eigenvalue weighted by Crippen LogP contribution is 2.29. The molecule has 4 nitrogen and oxygen atoms in total. The van der Waals surface area contributed by atoms with Gasteiger partial charge in [-0.15, -0.1) is 0 Å². The van der Waals surface area contributed by atoms with Crippen LogP contribution in [0.15, 0.2) is 29.2 Å². The first-order valence-electron chi connectivity index (χ1n) is 6.18. The van der Waals surface area contributed by atoms with Gasteiger partial charge in [-0.3, -0.25) is 9.59 Å². The molecule has 0 saturated carbocycles. The van der Waals surface area contributed by atoms with Crippen LogP contribution < -0.4 is 5.32 Å². The van der Waals surface area contributed by atoms with Crippen LogP contribution in [0.2, 0.25) is 0 Å². The zero-order valence-electron chi connectivity index (χ0n) is 10.6. The summed E-state index contributed by atoms with van der Waals surface area (Å²) in [7, 11) is 0. The highest BCUT2D eigenvalue weighted by Gasteiger charge is 2.23. The molecule has 2 amide bonds. The molecule has 0 unspecified atom stereocenters. The lowest BCUT2D eigenvalue weighted by atomic mass is 10.2. The minimum Gasteiger partial charge on any atom is -0.354 e. The van der Waals surface area contributed by atoms with Crippen molar-refractivity contribution in [1.29, 1.82) is 0 Å². The Morgan fingerprint density at radius 1 is 1.35 bits per heavy atom. The summed E-state index contributed by atoms with van der Waals surface area (Å²) in [5, 5.41) is 2.67. The molecule has 0 atom stereocenters. The van der Waals surface area contributed by atoms with Crippen LogP contribution in [-0.2, 0) is 4.79 Å². The third-order valence-corrected chi connectivity index (χ3v) is 3.67. The lowest BCUT2D eigenvalue weighted by molar-refractivity contribution is -0.121. The van der Waals surface area contributed by atoms with Crippen molar-refractivity contribution < 1.29 is 18.4 Å². The SMILES string of the molecule is O=C1CN(C(=O)c2ccccc2SC(F)F)CCCN1. The molecule has 2 rings (SSSR count). The predicted molar refractivity (Wildman–Crippen MR) is 71.8 cm³/mol. The third kappa shape index (κ3) is 3.69. The Morgan fingerprint density at radius 3 is 2.85 bits per heavy atom. The lowest BCUT2D eigenvalue weighted by Gasteiger charge is -2.20. The van der Waals surface area contributed by atoms with Gasteiger partial charge in [-0.25, -0.2) is 0 Å². The summed E-state index contributed by atoms with van der Waals surface area (Å²) >= 11 is 0.342. The maximum Gasteiger partial charge on any atom is 0.288 e. The Balaban J connectivity index is 2.21. The summed E-state index contributed by atoms with van der Waals surface area (Å²) in [5.74, 6) is -3.20. The Labute approximate surface area is 119 Å². The fraction of sp³-hybridized carbons (Fsp3) is 0.385. The van der Waals surface area contributed by atoms with E-state index in [1.165, 1.54) is 17.0 Å². The van der Waals surface area contributed by atoms with Gasteiger partial charge in [0.1, 0.15) is 0 Å². The molecular weight excluding hydrogens is 286 g/mol. The van der Waals surface area contributed by atoms with Gasteiger partial charge >= 0.3 is 0 Å². The molecule has 0 aromatic heterocycles. The van der Waals surface area contributed by atoms with Crippen LogP contribution in [0.4, 0.5) is 8.78 Å². The van der Waals surface area contributed by atoms with Crippen LogP contribution in [-0.4, -0.2) is 42.1 Å². The molecule has 1 aromatic carbocycles. The highest BCUT2D eigenvalue weighted by molar-refractivity contribution is 7.99. The number of hydrogen-bond acceptors (Lipinski definition) is 3. The van der Waals surface area contributed by atoms with Crippen molar-refractivity contribution in [2.75, 3.05) is 19.6 Å². The fourth-order valence-electron chi connectivity index (χ4n) is 1.99. The number of carbonyl (C=O) groups is 2. The zero-order chi connectivity index (χ0) is 14.5. The quantitative estimate of drug-likeness (QED) is 0.868. The van der Waals surface area contributed by atoms with Crippen molar-refractivity contribution in [3.05, 3.63) is 29.8 Å². The number of amides is 2. The molecule has 20 heavy (non-hydrogen) atoms. The molecule has 108 valence electrons. The largest absolute Gasteiger partial charge is 0.354 e. The van der Waals surface area contributed by atoms with Gasteiger partial charge < -0.3 is 10.2 Å². The van der Waals surface area contributed by atoms with Gasteiger partial charge in [-0.05, 0) is 18.6 Å². The van der Waals surface area contributed by atoms with Gasteiger partial charge in [0, 0.05) is 18.0 Å². The molecule has 0 spiro atoms. The summed E-state index contributed by atoms with van der Waals surface area (Å²) in [4.78, 5) is 25.5. The standard InChI is InChI=1S/C13H14F2N2O2S/c14-13(15)20-10-5-2-1-4-9(10)12(19)17-7-3-6-16-11(18)8-17/h1-2,4-5,13H,3,6-8H2,(H,16,18). The van der Waals surface area contributed by atoms with Crippen LogP contribution in [0, 0.1) is 0 Å². The average Bonchev–Trinajstić information content (AvgIpc) is 2.62. The summed E-state index contributed by atoms with van der Waals surface area (Å²) in [5.41, 5.74) is 0.215. The average molecular weight is 300 g/mol. The number of benzene rings is 1. The van der Waals surface area contributed by atoms with E-state index in [1.54, 1.807) is 12.1 Å². The van der Waals surface area contributed by atoms with E-state index < -0.39 is 5.76 Å². The minimum absolute atomic E-state index is 0.0352. The first-order valence-corrected chi connectivity index (χ1v) is 7.05. The number of nitrogens with one attached hydrogen (secondary N) is 1. The van der Waals surface area contributed by atoms with E-state index >= 15 is 0 Å². The normalized spacial score (nSPS) is 15.9. The minimum atomic E-state index is -2.59. The fourth-order valence-corrected chi connectivity index (χ4v) is 2.62. The van der Waals surface area contributed by atoms with Gasteiger partial charge in [0.05, 0.1) is 12.1 Å². The topological polar surface area (TPSA) is 49.4 Å². The van der Waals surface area contributed by atoms with Crippen LogP contribution in [0.1, 0.15) is 16.8 Å². The molecule has 1 aliphatic heterocycles. The number of hydrogen-bond donors (Lipinski definition) is 1. The Bertz CT molecular complexity index is 511. The highest BCUT2D eigenvalue weighted by atomic mass is 32.2. The van der Waals surface area contributed by atoms with Gasteiger partial charge in [-0.2, -0.15) is 8.78 Å². The van der Waals surface area contributed by atoms with Crippen molar-refractivity contribution in [3.63, 3.8) is 0 Å². The second-order valence-corrected chi connectivity index (χ2v) is 5.34. The van der Waals surface area contributed by atoms with E-state index in [-0.39, 0.29) is 28.8 Å². The summed E-state index contributed by atoms with van der Waals surface area (Å²) < 4.78 is 25.0. The van der Waals surface area contributed by atoms with Gasteiger partial charge in [-0.1, -0.05) is 23.9 Å². The molecule has 0 radical (unpaired) electrons. The van der Waals surface area contributed by atoms with Crippen molar-refractivity contribution in [1.82, 2.24) is 10.2 Å². The second-order valence-electron chi connectivity index (χ2n) is 4.30. The van der Waals surface area contributed by atoms with Crippen LogP contribution >= 0.6 is 11.8 Å². The zero-order valence-corrected chi connectivity index (χ0v) is 11.5. The van der Waals surface area contributed by atoms with Crippen LogP contribution in [0.3, 0.4) is 0 Å². The monoisotopic (exact) mass is 300 g/mol. The summed E-state index contributed by atoms with van der Waals surface area (Å²) in [6, 6.07) is 6.23. The van der Waals surface area contributed by atoms with Gasteiger partial charge in [0.15, 0.2) is 0 Å². The molecule has 1 heterocycles. The van der Waals surface area contributed by atoms with E-state index in [0.29, 0.717) is 31.3 Å². The second kappa shape index (κ2) is 6.69. The van der Waals surface area contributed by atoms with Gasteiger partial charge in [0.25, 0.3) is 11.7 Å². The molecule has 1 N–H and O–H groups in total. The van der Waals surface area contributed by atoms with Crippen LogP contribution in [0.5, 0.6) is 0 Å². The maximum atomic E-state index is 12.5. The molecule has 1 aliphatic rings. The van der Waals surface area contributed by atoms with Gasteiger partial charge in [0.2, 0.25) is 5.91 Å². The first-order chi connectivity index (χ1) is 9.58. The molecule has 7 heteroatoms. The maximum absolute atomic E-state index is 12.5. The van der Waals surface area contributed by atoms with Crippen molar-refractivity contribution in [3.8, 4) is 0 Å². The van der Waals surface area contributed by atoms with E-state index in [9.17, 15) is 18.4 Å². The Kier molecular flexibility index (Phi) is 4.94. The van der Waals surface area contributed by atoms with E-state index in [0.717, 1.165) is 0 Å². The molecular formula is C13H14F2N2O2S. The number of carbonyl (C=O) groups excluding carboxylic acids is 2. The Morgan fingerprint density at radius 2 is 2.10 bits per heavy atom. The third-order valence-electron chi connectivity index (χ3n) is 2.88. The number of alkyl halides is 2. The molecule has 0 bridgehead atoms. The molecule has 1 saturated heterocycles. The molecule has 1 fully saturated rings. The smallest absolute Gasteiger partial charge is 0.288 e. The van der Waals surface area contributed by atoms with Crippen LogP contribution in [0.25, 0.3) is 0 Å². The number of halogens is 2. The first kappa shape index (κ1) is 14.8. The molecule has 1 aromatic rings. The van der Waals surface area contributed by atoms with E-state index in [4.69, 9.17) is 0 Å². The number of thioether (sulfide) groups is 1. The predicted octanol–water partition coefficient (Wildman–Crippen LogP) is 1.96. The summed E-state index contributed by atoms with van der Waals surface area (Å²) in [6.45, 7) is 0.924. The van der Waals surface area contributed by atoms with E-state index in [2.05, 4.69) is 5.32 Å². The van der Waals surface area contributed by atoms with Crippen molar-refractivity contribution >= 4 is 23.6 Å². The number of nitrogens with zero attached hydrogens (tertiary/aromatic N) is 1. The summed E-state index contributed by atoms with van der Waals surface area (Å²) in [6.07, 6.45) is 0.654. The van der Waals surface area contributed by atoms with Crippen molar-refractivity contribution in [2.45, 2.75) is 17.1 Å². The Hall–Kier alpha value is -1.63. The van der Waals surface area contributed by atoms with E-state index in [1.807, 2.05) is 0 Å².